The van der Waals surface area contributed by atoms with E-state index in [0.29, 0.717) is 0 Å². The van der Waals surface area contributed by atoms with Gasteiger partial charge < -0.3 is 19.3 Å². The summed E-state index contributed by atoms with van der Waals surface area (Å²) in [6, 6.07) is 18.5. The smallest absolute Gasteiger partial charge is 0.323 e. The van der Waals surface area contributed by atoms with E-state index in [9.17, 15) is 19.2 Å². The molecule has 2 unspecified atom stereocenters. The predicted octanol–water partition coefficient (Wildman–Crippen LogP) is 2.56. The lowest BCUT2D eigenvalue weighted by atomic mass is 9.62. The van der Waals surface area contributed by atoms with Crippen LogP contribution in [0, 0.1) is 10.8 Å². The van der Waals surface area contributed by atoms with Crippen LogP contribution >= 0.6 is 0 Å². The average molecular weight is 479 g/mol. The fourth-order valence-corrected chi connectivity index (χ4v) is 5.16. The fourth-order valence-electron chi connectivity index (χ4n) is 5.16. The SMILES string of the molecule is CCOC(=O)C12CN(Cc3ccccc3)C(=O)C(C(=O)OCC)(CN(Cc3ccccc3)C1=O)C2. The first kappa shape index (κ1) is 24.4. The van der Waals surface area contributed by atoms with Crippen molar-refractivity contribution in [2.45, 2.75) is 33.4 Å². The molecule has 2 aromatic carbocycles. The molecular formula is C27H30N2O6. The molecule has 2 saturated heterocycles. The molecule has 2 aromatic rings. The van der Waals surface area contributed by atoms with Crippen LogP contribution in [0.2, 0.25) is 0 Å². The van der Waals surface area contributed by atoms with E-state index in [1.54, 1.807) is 13.8 Å². The van der Waals surface area contributed by atoms with Crippen molar-refractivity contribution in [2.75, 3.05) is 26.3 Å². The highest BCUT2D eigenvalue weighted by Gasteiger charge is 2.69. The van der Waals surface area contributed by atoms with E-state index in [0.717, 1.165) is 11.1 Å². The summed E-state index contributed by atoms with van der Waals surface area (Å²) in [5.74, 6) is -2.32. The standard InChI is InChI=1S/C27H30N2O6/c1-3-34-24(32)26-17-27(25(33)35-4-2,19-29(22(26)30)16-21-13-9-6-10-14-21)23(31)28(18-26)15-20-11-7-5-8-12-20/h5-14H,3-4,15-19H2,1-2H3. The van der Waals surface area contributed by atoms with Gasteiger partial charge in [-0.15, -0.1) is 0 Å². The van der Waals surface area contributed by atoms with E-state index >= 15 is 0 Å². The summed E-state index contributed by atoms with van der Waals surface area (Å²) in [5.41, 5.74) is -1.74. The largest absolute Gasteiger partial charge is 0.465 e. The number of piperidine rings is 2. The number of carbonyl (C=O) groups excluding carboxylic acids is 4. The van der Waals surface area contributed by atoms with Crippen LogP contribution in [0.3, 0.4) is 0 Å². The Bertz CT molecular complexity index is 1020. The molecule has 2 atom stereocenters. The first-order valence-corrected chi connectivity index (χ1v) is 11.9. The zero-order chi connectivity index (χ0) is 25.1. The van der Waals surface area contributed by atoms with E-state index in [1.165, 1.54) is 9.80 Å². The maximum absolute atomic E-state index is 13.9. The molecule has 2 aliphatic heterocycles. The van der Waals surface area contributed by atoms with Crippen molar-refractivity contribution < 1.29 is 28.7 Å². The molecule has 0 aliphatic carbocycles. The van der Waals surface area contributed by atoms with Gasteiger partial charge in [-0.1, -0.05) is 60.7 Å². The van der Waals surface area contributed by atoms with Crippen molar-refractivity contribution >= 4 is 23.8 Å². The molecule has 184 valence electrons. The van der Waals surface area contributed by atoms with Crippen LogP contribution in [0.5, 0.6) is 0 Å². The lowest BCUT2D eigenvalue weighted by Gasteiger charge is -2.54. The number of nitrogens with zero attached hydrogens (tertiary/aromatic N) is 2. The van der Waals surface area contributed by atoms with Gasteiger partial charge in [-0.2, -0.15) is 0 Å². The number of amides is 2. The minimum Gasteiger partial charge on any atom is -0.465 e. The third kappa shape index (κ3) is 4.40. The molecule has 2 fully saturated rings. The highest BCUT2D eigenvalue weighted by molar-refractivity contribution is 6.12. The van der Waals surface area contributed by atoms with E-state index in [4.69, 9.17) is 9.47 Å². The van der Waals surface area contributed by atoms with Crippen molar-refractivity contribution in [1.82, 2.24) is 9.80 Å². The van der Waals surface area contributed by atoms with E-state index in [2.05, 4.69) is 0 Å². The number of rotatable bonds is 8. The van der Waals surface area contributed by atoms with Crippen molar-refractivity contribution in [3.63, 3.8) is 0 Å². The predicted molar refractivity (Wildman–Crippen MR) is 126 cm³/mol. The molecule has 2 heterocycles. The number of fused-ring (bicyclic) bond motifs is 2. The second-order valence-electron chi connectivity index (χ2n) is 9.08. The quantitative estimate of drug-likeness (QED) is 0.428. The van der Waals surface area contributed by atoms with Crippen LogP contribution in [0.1, 0.15) is 31.4 Å². The summed E-state index contributed by atoms with van der Waals surface area (Å²) in [6.45, 7) is 3.48. The molecular weight excluding hydrogens is 448 g/mol. The Hall–Kier alpha value is -3.68. The monoisotopic (exact) mass is 478 g/mol. The van der Waals surface area contributed by atoms with Crippen molar-refractivity contribution in [2.24, 2.45) is 10.8 Å². The van der Waals surface area contributed by atoms with Crippen molar-refractivity contribution in [3.8, 4) is 0 Å². The molecule has 2 aliphatic rings. The van der Waals surface area contributed by atoms with E-state index in [-0.39, 0.29) is 45.8 Å². The van der Waals surface area contributed by atoms with Gasteiger partial charge in [0.2, 0.25) is 11.8 Å². The molecule has 0 radical (unpaired) electrons. The molecule has 0 N–H and O–H groups in total. The Labute approximate surface area is 204 Å². The van der Waals surface area contributed by atoms with Gasteiger partial charge in [-0.3, -0.25) is 19.2 Å². The molecule has 4 rings (SSSR count). The van der Waals surface area contributed by atoms with E-state index in [1.807, 2.05) is 60.7 Å². The molecule has 2 amide bonds. The maximum Gasteiger partial charge on any atom is 0.323 e. The first-order valence-electron chi connectivity index (χ1n) is 11.9. The lowest BCUT2D eigenvalue weighted by molar-refractivity contribution is -0.197. The number of ether oxygens (including phenoxy) is 2. The van der Waals surface area contributed by atoms with Gasteiger partial charge in [-0.05, 0) is 25.0 Å². The summed E-state index contributed by atoms with van der Waals surface area (Å²) in [4.78, 5) is 57.6. The zero-order valence-corrected chi connectivity index (χ0v) is 20.1. The van der Waals surface area contributed by atoms with Gasteiger partial charge in [0.25, 0.3) is 0 Å². The number of benzene rings is 2. The van der Waals surface area contributed by atoms with Crippen LogP contribution in [-0.2, 0) is 41.7 Å². The third-order valence-corrected chi connectivity index (χ3v) is 6.68. The normalized spacial score (nSPS) is 23.7. The number of carbonyl (C=O) groups is 4. The number of hydrogen-bond acceptors (Lipinski definition) is 6. The minimum atomic E-state index is -1.70. The Morgan fingerprint density at radius 1 is 0.714 bits per heavy atom. The second-order valence-corrected chi connectivity index (χ2v) is 9.08. The molecule has 0 saturated carbocycles. The van der Waals surface area contributed by atoms with E-state index < -0.39 is 34.6 Å². The number of esters is 2. The number of hydrogen-bond donors (Lipinski definition) is 0. The average Bonchev–Trinajstić information content (AvgIpc) is 2.86. The van der Waals surface area contributed by atoms with Crippen LogP contribution < -0.4 is 0 Å². The van der Waals surface area contributed by atoms with Gasteiger partial charge in [0.1, 0.15) is 0 Å². The molecule has 0 spiro atoms. The molecule has 0 aromatic heterocycles. The summed E-state index contributed by atoms with van der Waals surface area (Å²) in [5, 5.41) is 0. The second kappa shape index (κ2) is 9.90. The van der Waals surface area contributed by atoms with Crippen LogP contribution in [0.25, 0.3) is 0 Å². The van der Waals surface area contributed by atoms with Crippen LogP contribution in [0.15, 0.2) is 60.7 Å². The highest BCUT2D eigenvalue weighted by Crippen LogP contribution is 2.49. The van der Waals surface area contributed by atoms with Gasteiger partial charge in [0, 0.05) is 32.6 Å². The number of likely N-dealkylation sites (tertiary alicyclic amines) is 2. The Balaban J connectivity index is 1.81. The highest BCUT2D eigenvalue weighted by atomic mass is 16.5. The van der Waals surface area contributed by atoms with Gasteiger partial charge >= 0.3 is 11.9 Å². The molecule has 2 bridgehead atoms. The Morgan fingerprint density at radius 2 is 1.09 bits per heavy atom. The van der Waals surface area contributed by atoms with Gasteiger partial charge in [0.05, 0.1) is 13.2 Å². The van der Waals surface area contributed by atoms with Crippen LogP contribution in [-0.4, -0.2) is 59.9 Å². The fraction of sp³-hybridized carbons (Fsp3) is 0.407. The molecule has 8 nitrogen and oxygen atoms in total. The zero-order valence-electron chi connectivity index (χ0n) is 20.1. The summed E-state index contributed by atoms with van der Waals surface area (Å²) < 4.78 is 10.7. The van der Waals surface area contributed by atoms with Gasteiger partial charge in [0.15, 0.2) is 10.8 Å². The van der Waals surface area contributed by atoms with Crippen LogP contribution in [0.4, 0.5) is 0 Å². The maximum atomic E-state index is 13.9. The summed E-state index contributed by atoms with van der Waals surface area (Å²) in [7, 11) is 0. The van der Waals surface area contributed by atoms with Gasteiger partial charge in [-0.25, -0.2) is 0 Å². The molecule has 8 heteroatoms. The Morgan fingerprint density at radius 3 is 1.43 bits per heavy atom. The topological polar surface area (TPSA) is 93.2 Å². The first-order chi connectivity index (χ1) is 16.9. The minimum absolute atomic E-state index is 0.0750. The molecule has 35 heavy (non-hydrogen) atoms. The summed E-state index contributed by atoms with van der Waals surface area (Å²) >= 11 is 0. The van der Waals surface area contributed by atoms with Crippen molar-refractivity contribution in [1.29, 1.82) is 0 Å². The van der Waals surface area contributed by atoms with Crippen molar-refractivity contribution in [3.05, 3.63) is 71.8 Å². The lowest BCUT2D eigenvalue weighted by Crippen LogP contribution is -2.72. The summed E-state index contributed by atoms with van der Waals surface area (Å²) in [6.07, 6.45) is -0.258. The Kier molecular flexibility index (Phi) is 6.91. The third-order valence-electron chi connectivity index (χ3n) is 6.68.